The van der Waals surface area contributed by atoms with E-state index in [9.17, 15) is 9.59 Å². The Morgan fingerprint density at radius 3 is 3.00 bits per heavy atom. The molecule has 64 valence electrons. The fourth-order valence-corrected chi connectivity index (χ4v) is 0.777. The number of rotatable bonds is 2. The zero-order valence-electron chi connectivity index (χ0n) is 6.20. The van der Waals surface area contributed by atoms with E-state index in [-0.39, 0.29) is 12.1 Å². The highest BCUT2D eigenvalue weighted by atomic mass is 16.4. The minimum atomic E-state index is -1.10. The molecule has 0 bridgehead atoms. The highest BCUT2D eigenvalue weighted by Gasteiger charge is 1.95. The van der Waals surface area contributed by atoms with Gasteiger partial charge in [0.25, 0.3) is 0 Å². The molecule has 0 aliphatic heterocycles. The molecule has 0 radical (unpaired) electrons. The topological polar surface area (TPSA) is 82.2 Å². The van der Waals surface area contributed by atoms with E-state index in [4.69, 9.17) is 5.11 Å². The number of hydrogen-bond donors (Lipinski definition) is 3. The number of amides is 1. The second-order valence-corrected chi connectivity index (χ2v) is 2.22. The molecule has 0 unspecified atom stereocenters. The molecule has 12 heavy (non-hydrogen) atoms. The van der Waals surface area contributed by atoms with Crippen LogP contribution in [0.1, 0.15) is 5.56 Å². The van der Waals surface area contributed by atoms with Crippen molar-refractivity contribution in [3.05, 3.63) is 34.2 Å². The largest absolute Gasteiger partial charge is 0.465 e. The van der Waals surface area contributed by atoms with Crippen molar-refractivity contribution in [1.82, 2.24) is 10.3 Å². The van der Waals surface area contributed by atoms with Crippen LogP contribution < -0.4 is 10.9 Å². The van der Waals surface area contributed by atoms with Crippen molar-refractivity contribution < 1.29 is 9.90 Å². The number of carbonyl (C=O) groups is 1. The summed E-state index contributed by atoms with van der Waals surface area (Å²) in [6.45, 7) is 0.152. The summed E-state index contributed by atoms with van der Waals surface area (Å²) in [5.74, 6) is 0. The quantitative estimate of drug-likeness (QED) is 0.587. The van der Waals surface area contributed by atoms with Crippen LogP contribution in [0, 0.1) is 0 Å². The molecule has 0 atom stereocenters. The van der Waals surface area contributed by atoms with Gasteiger partial charge in [-0.05, 0) is 11.6 Å². The molecule has 0 aliphatic carbocycles. The fourth-order valence-electron chi connectivity index (χ4n) is 0.777. The molecule has 5 nitrogen and oxygen atoms in total. The highest BCUT2D eigenvalue weighted by molar-refractivity contribution is 5.64. The van der Waals surface area contributed by atoms with Crippen LogP contribution in [0.3, 0.4) is 0 Å². The second-order valence-electron chi connectivity index (χ2n) is 2.22. The molecule has 0 saturated carbocycles. The maximum absolute atomic E-state index is 10.7. The summed E-state index contributed by atoms with van der Waals surface area (Å²) in [4.78, 5) is 23.2. The van der Waals surface area contributed by atoms with E-state index >= 15 is 0 Å². The van der Waals surface area contributed by atoms with Crippen molar-refractivity contribution in [2.45, 2.75) is 6.54 Å². The first-order valence-electron chi connectivity index (χ1n) is 3.33. The molecule has 1 aromatic heterocycles. The number of H-pyrrole nitrogens is 1. The lowest BCUT2D eigenvalue weighted by molar-refractivity contribution is 0.194. The zero-order chi connectivity index (χ0) is 8.97. The predicted molar refractivity (Wildman–Crippen MR) is 41.9 cm³/mol. The Kier molecular flexibility index (Phi) is 2.47. The Hall–Kier alpha value is -1.78. The summed E-state index contributed by atoms with van der Waals surface area (Å²) in [6, 6.07) is 2.98. The summed E-state index contributed by atoms with van der Waals surface area (Å²) in [6.07, 6.45) is 0.372. The molecular formula is C7H8N2O3. The lowest BCUT2D eigenvalue weighted by Crippen LogP contribution is -2.20. The normalized spacial score (nSPS) is 9.33. The van der Waals surface area contributed by atoms with Crippen LogP contribution in [0.4, 0.5) is 4.79 Å². The summed E-state index contributed by atoms with van der Waals surface area (Å²) >= 11 is 0. The highest BCUT2D eigenvalue weighted by Crippen LogP contribution is 1.90. The van der Waals surface area contributed by atoms with Crippen molar-refractivity contribution in [2.75, 3.05) is 0 Å². The van der Waals surface area contributed by atoms with Gasteiger partial charge in [0.05, 0.1) is 0 Å². The van der Waals surface area contributed by atoms with Gasteiger partial charge in [-0.1, -0.05) is 0 Å². The monoisotopic (exact) mass is 168 g/mol. The Morgan fingerprint density at radius 2 is 2.42 bits per heavy atom. The maximum Gasteiger partial charge on any atom is 0.404 e. The van der Waals surface area contributed by atoms with Gasteiger partial charge in [-0.3, -0.25) is 4.79 Å². The van der Waals surface area contributed by atoms with Gasteiger partial charge in [0.15, 0.2) is 0 Å². The number of pyridine rings is 1. The molecular weight excluding hydrogens is 160 g/mol. The van der Waals surface area contributed by atoms with E-state index in [1.165, 1.54) is 12.3 Å². The van der Waals surface area contributed by atoms with E-state index in [0.29, 0.717) is 5.56 Å². The zero-order valence-corrected chi connectivity index (χ0v) is 6.20. The van der Waals surface area contributed by atoms with Crippen LogP contribution in [0.5, 0.6) is 0 Å². The van der Waals surface area contributed by atoms with Gasteiger partial charge in [-0.2, -0.15) is 0 Å². The third kappa shape index (κ3) is 2.45. The summed E-state index contributed by atoms with van der Waals surface area (Å²) < 4.78 is 0. The Morgan fingerprint density at radius 1 is 1.67 bits per heavy atom. The fraction of sp³-hybridized carbons (Fsp3) is 0.143. The molecule has 5 heteroatoms. The summed E-state index contributed by atoms with van der Waals surface area (Å²) in [5, 5.41) is 10.4. The van der Waals surface area contributed by atoms with Crippen LogP contribution in [-0.2, 0) is 6.54 Å². The van der Waals surface area contributed by atoms with Crippen molar-refractivity contribution >= 4 is 6.09 Å². The number of aromatic amines is 1. The average Bonchev–Trinajstić information content (AvgIpc) is 2.01. The predicted octanol–water partition coefficient (Wildman–Crippen LogP) is 0.142. The molecule has 1 amide bonds. The lowest BCUT2D eigenvalue weighted by Gasteiger charge is -1.98. The first kappa shape index (κ1) is 8.32. The second kappa shape index (κ2) is 3.56. The molecule has 0 spiro atoms. The van der Waals surface area contributed by atoms with Crippen molar-refractivity contribution in [3.8, 4) is 0 Å². The van der Waals surface area contributed by atoms with Crippen molar-refractivity contribution in [3.63, 3.8) is 0 Å². The first-order chi connectivity index (χ1) is 5.68. The van der Waals surface area contributed by atoms with Crippen LogP contribution in [0.2, 0.25) is 0 Å². The van der Waals surface area contributed by atoms with Crippen molar-refractivity contribution in [1.29, 1.82) is 0 Å². The number of aromatic nitrogens is 1. The Balaban J connectivity index is 2.64. The van der Waals surface area contributed by atoms with E-state index in [2.05, 4.69) is 10.3 Å². The van der Waals surface area contributed by atoms with Crippen molar-refractivity contribution in [2.24, 2.45) is 0 Å². The van der Waals surface area contributed by atoms with E-state index < -0.39 is 6.09 Å². The molecule has 0 saturated heterocycles. The van der Waals surface area contributed by atoms with E-state index in [1.807, 2.05) is 0 Å². The Bertz CT molecular complexity index is 331. The molecule has 0 aromatic carbocycles. The molecule has 1 heterocycles. The van der Waals surface area contributed by atoms with Gasteiger partial charge < -0.3 is 15.4 Å². The van der Waals surface area contributed by atoms with Crippen LogP contribution in [0.25, 0.3) is 0 Å². The van der Waals surface area contributed by atoms with Crippen LogP contribution in [-0.4, -0.2) is 16.2 Å². The number of hydrogen-bond acceptors (Lipinski definition) is 2. The van der Waals surface area contributed by atoms with Gasteiger partial charge in [-0.15, -0.1) is 0 Å². The maximum atomic E-state index is 10.7. The van der Waals surface area contributed by atoms with Gasteiger partial charge in [0, 0.05) is 18.8 Å². The van der Waals surface area contributed by atoms with Crippen LogP contribution >= 0.6 is 0 Å². The number of carboxylic acid groups (broad SMARTS) is 1. The summed E-state index contributed by atoms with van der Waals surface area (Å²) in [7, 11) is 0. The summed E-state index contributed by atoms with van der Waals surface area (Å²) in [5.41, 5.74) is 0.404. The standard InChI is InChI=1S/C7H8N2O3/c10-6-3-5(1-2-8-6)4-9-7(11)12/h1-3,9H,4H2,(H,8,10)(H,11,12). The van der Waals surface area contributed by atoms with Crippen LogP contribution in [0.15, 0.2) is 23.1 Å². The molecule has 0 fully saturated rings. The van der Waals surface area contributed by atoms with Gasteiger partial charge in [0.2, 0.25) is 5.56 Å². The number of nitrogens with one attached hydrogen (secondary N) is 2. The minimum absolute atomic E-state index is 0.152. The minimum Gasteiger partial charge on any atom is -0.465 e. The lowest BCUT2D eigenvalue weighted by atomic mass is 10.3. The Labute approximate surface area is 68.0 Å². The molecule has 1 aromatic rings. The smallest absolute Gasteiger partial charge is 0.404 e. The van der Waals surface area contributed by atoms with Gasteiger partial charge in [0.1, 0.15) is 0 Å². The molecule has 3 N–H and O–H groups in total. The third-order valence-corrected chi connectivity index (χ3v) is 1.28. The van der Waals surface area contributed by atoms with Gasteiger partial charge in [-0.25, -0.2) is 4.79 Å². The molecule has 0 aliphatic rings. The SMILES string of the molecule is O=C(O)NCc1cc[nH]c(=O)c1. The first-order valence-corrected chi connectivity index (χ1v) is 3.33. The van der Waals surface area contributed by atoms with E-state index in [1.54, 1.807) is 6.07 Å². The third-order valence-electron chi connectivity index (χ3n) is 1.28. The molecule has 1 rings (SSSR count). The van der Waals surface area contributed by atoms with E-state index in [0.717, 1.165) is 0 Å². The average molecular weight is 168 g/mol. The van der Waals surface area contributed by atoms with Gasteiger partial charge >= 0.3 is 6.09 Å².